The number of hydrogen-bond donors (Lipinski definition) is 1. The van der Waals surface area contributed by atoms with Crippen molar-refractivity contribution in [3.05, 3.63) is 8.61 Å². The summed E-state index contributed by atoms with van der Waals surface area (Å²) in [6, 6.07) is 0. The fraction of sp³-hybridized carbons (Fsp3) is 0.500. The second-order valence-corrected chi connectivity index (χ2v) is 2.97. The predicted octanol–water partition coefficient (Wildman–Crippen LogP) is 1.88. The van der Waals surface area contributed by atoms with Gasteiger partial charge in [0, 0.05) is 8.61 Å². The maximum atomic E-state index is 8.36. The van der Waals surface area contributed by atoms with Crippen molar-refractivity contribution >= 4 is 34.2 Å². The van der Waals surface area contributed by atoms with Gasteiger partial charge in [0.05, 0.1) is 6.61 Å². The number of halogens is 2. The van der Waals surface area contributed by atoms with Gasteiger partial charge < -0.3 is 5.11 Å². The quantitative estimate of drug-likeness (QED) is 0.685. The van der Waals surface area contributed by atoms with Crippen molar-refractivity contribution in [2.75, 3.05) is 6.61 Å². The minimum atomic E-state index is 0.0515. The monoisotopic (exact) mass is 232 g/mol. The first-order chi connectivity index (χ1) is 3.18. The van der Waals surface area contributed by atoms with Crippen molar-refractivity contribution in [3.63, 3.8) is 0 Å². The van der Waals surface area contributed by atoms with E-state index in [2.05, 4.69) is 0 Å². The molecule has 0 aromatic carbocycles. The van der Waals surface area contributed by atoms with Gasteiger partial charge in [0.2, 0.25) is 0 Å². The molecule has 3 heteroatoms. The standard InChI is InChI=1S/C4H6ClIO/c1-3(5)4(6)2-7/h7H,2H2,1H3. The molecule has 0 aliphatic carbocycles. The molecule has 0 saturated carbocycles. The van der Waals surface area contributed by atoms with Gasteiger partial charge in [-0.3, -0.25) is 0 Å². The van der Waals surface area contributed by atoms with Gasteiger partial charge in [0.1, 0.15) is 0 Å². The van der Waals surface area contributed by atoms with Gasteiger partial charge in [-0.1, -0.05) is 11.6 Å². The lowest BCUT2D eigenvalue weighted by molar-refractivity contribution is 0.341. The number of rotatable bonds is 1. The van der Waals surface area contributed by atoms with Crippen LogP contribution in [-0.2, 0) is 0 Å². The largest absolute Gasteiger partial charge is 0.391 e. The molecule has 0 spiro atoms. The third-order valence-electron chi connectivity index (χ3n) is 0.513. The molecule has 0 unspecified atom stereocenters. The van der Waals surface area contributed by atoms with E-state index in [-0.39, 0.29) is 6.61 Å². The molecular weight excluding hydrogens is 226 g/mol. The average Bonchev–Trinajstić information content (AvgIpc) is 1.65. The first-order valence-corrected chi connectivity index (χ1v) is 3.25. The van der Waals surface area contributed by atoms with Crippen LogP contribution in [0.15, 0.2) is 8.61 Å². The van der Waals surface area contributed by atoms with Gasteiger partial charge in [-0.15, -0.1) is 0 Å². The molecule has 0 aromatic rings. The van der Waals surface area contributed by atoms with Crippen molar-refractivity contribution in [1.82, 2.24) is 0 Å². The molecular formula is C4H6ClIO. The van der Waals surface area contributed by atoms with Crippen LogP contribution in [0.4, 0.5) is 0 Å². The van der Waals surface area contributed by atoms with E-state index in [1.807, 2.05) is 22.6 Å². The summed E-state index contributed by atoms with van der Waals surface area (Å²) in [5.74, 6) is 0. The highest BCUT2D eigenvalue weighted by atomic mass is 127. The van der Waals surface area contributed by atoms with Crippen LogP contribution in [0, 0.1) is 0 Å². The molecule has 0 bridgehead atoms. The molecule has 0 saturated heterocycles. The molecule has 0 heterocycles. The van der Waals surface area contributed by atoms with Crippen LogP contribution in [0.3, 0.4) is 0 Å². The van der Waals surface area contributed by atoms with Gasteiger partial charge in [-0.25, -0.2) is 0 Å². The zero-order valence-electron chi connectivity index (χ0n) is 3.91. The number of aliphatic hydroxyl groups excluding tert-OH is 1. The van der Waals surface area contributed by atoms with E-state index in [4.69, 9.17) is 16.7 Å². The number of hydrogen-bond acceptors (Lipinski definition) is 1. The van der Waals surface area contributed by atoms with Crippen LogP contribution >= 0.6 is 34.2 Å². The zero-order chi connectivity index (χ0) is 5.86. The summed E-state index contributed by atoms with van der Waals surface area (Å²) < 4.78 is 0.805. The second-order valence-electron chi connectivity index (χ2n) is 1.10. The normalized spacial score (nSPS) is 13.7. The van der Waals surface area contributed by atoms with E-state index < -0.39 is 0 Å². The van der Waals surface area contributed by atoms with E-state index in [1.54, 1.807) is 6.92 Å². The van der Waals surface area contributed by atoms with Crippen molar-refractivity contribution in [1.29, 1.82) is 0 Å². The Morgan fingerprint density at radius 3 is 2.29 bits per heavy atom. The maximum absolute atomic E-state index is 8.36. The highest BCUT2D eigenvalue weighted by molar-refractivity contribution is 14.1. The van der Waals surface area contributed by atoms with E-state index in [9.17, 15) is 0 Å². The number of aliphatic hydroxyl groups is 1. The van der Waals surface area contributed by atoms with Crippen molar-refractivity contribution < 1.29 is 5.11 Å². The van der Waals surface area contributed by atoms with Crippen LogP contribution in [-0.4, -0.2) is 11.7 Å². The summed E-state index contributed by atoms with van der Waals surface area (Å²) in [5.41, 5.74) is 0. The van der Waals surface area contributed by atoms with Crippen molar-refractivity contribution in [2.24, 2.45) is 0 Å². The van der Waals surface area contributed by atoms with E-state index >= 15 is 0 Å². The average molecular weight is 232 g/mol. The van der Waals surface area contributed by atoms with Crippen LogP contribution in [0.2, 0.25) is 0 Å². The Morgan fingerprint density at radius 1 is 1.86 bits per heavy atom. The summed E-state index contributed by atoms with van der Waals surface area (Å²) in [7, 11) is 0. The zero-order valence-corrected chi connectivity index (χ0v) is 6.82. The molecule has 0 atom stereocenters. The maximum Gasteiger partial charge on any atom is 0.0750 e. The van der Waals surface area contributed by atoms with Crippen LogP contribution < -0.4 is 0 Å². The Morgan fingerprint density at radius 2 is 2.29 bits per heavy atom. The van der Waals surface area contributed by atoms with E-state index in [1.165, 1.54) is 0 Å². The summed E-state index contributed by atoms with van der Waals surface area (Å²) in [5, 5.41) is 9.02. The summed E-state index contributed by atoms with van der Waals surface area (Å²) >= 11 is 7.43. The molecule has 42 valence electrons. The molecule has 0 amide bonds. The Labute approximate surface area is 61.5 Å². The molecule has 0 aliphatic rings. The predicted molar refractivity (Wildman–Crippen MR) is 39.7 cm³/mol. The smallest absolute Gasteiger partial charge is 0.0750 e. The van der Waals surface area contributed by atoms with Gasteiger partial charge in [-0.2, -0.15) is 0 Å². The van der Waals surface area contributed by atoms with E-state index in [0.717, 1.165) is 3.58 Å². The number of allylic oxidation sites excluding steroid dienone is 1. The highest BCUT2D eigenvalue weighted by Crippen LogP contribution is 2.13. The topological polar surface area (TPSA) is 20.2 Å². The minimum Gasteiger partial charge on any atom is -0.391 e. The van der Waals surface area contributed by atoms with Crippen LogP contribution in [0.25, 0.3) is 0 Å². The Bertz CT molecular complexity index is 85.7. The summed E-state index contributed by atoms with van der Waals surface area (Å²) in [6.07, 6.45) is 0. The molecule has 1 N–H and O–H groups in total. The second kappa shape index (κ2) is 3.69. The van der Waals surface area contributed by atoms with Gasteiger partial charge in [-0.05, 0) is 29.5 Å². The summed E-state index contributed by atoms with van der Waals surface area (Å²) in [4.78, 5) is 0. The minimum absolute atomic E-state index is 0.0515. The fourth-order valence-corrected chi connectivity index (χ4v) is 0.169. The van der Waals surface area contributed by atoms with Crippen molar-refractivity contribution in [3.8, 4) is 0 Å². The lowest BCUT2D eigenvalue weighted by atomic mass is 10.5. The van der Waals surface area contributed by atoms with Gasteiger partial charge >= 0.3 is 0 Å². The van der Waals surface area contributed by atoms with Crippen LogP contribution in [0.5, 0.6) is 0 Å². The SMILES string of the molecule is CC(Cl)=C(I)CO. The van der Waals surface area contributed by atoms with Crippen LogP contribution in [0.1, 0.15) is 6.92 Å². The lowest BCUT2D eigenvalue weighted by Gasteiger charge is -1.89. The molecule has 0 aliphatic heterocycles. The Kier molecular flexibility index (Phi) is 4.07. The van der Waals surface area contributed by atoms with E-state index in [0.29, 0.717) is 5.03 Å². The fourth-order valence-electron chi connectivity index (χ4n) is 0.109. The van der Waals surface area contributed by atoms with Crippen molar-refractivity contribution in [2.45, 2.75) is 6.92 Å². The molecule has 0 radical (unpaired) electrons. The Hall–Kier alpha value is 0.720. The molecule has 0 fully saturated rings. The first kappa shape index (κ1) is 7.72. The third kappa shape index (κ3) is 3.32. The first-order valence-electron chi connectivity index (χ1n) is 1.80. The molecule has 1 nitrogen and oxygen atoms in total. The Balaban J connectivity index is 3.72. The molecule has 0 aromatic heterocycles. The van der Waals surface area contributed by atoms with Gasteiger partial charge in [0.15, 0.2) is 0 Å². The third-order valence-corrected chi connectivity index (χ3v) is 2.21. The van der Waals surface area contributed by atoms with Gasteiger partial charge in [0.25, 0.3) is 0 Å². The highest BCUT2D eigenvalue weighted by Gasteiger charge is 1.89. The molecule has 0 rings (SSSR count). The summed E-state index contributed by atoms with van der Waals surface area (Å²) in [6.45, 7) is 1.80. The lowest BCUT2D eigenvalue weighted by Crippen LogP contribution is -1.79. The molecule has 7 heavy (non-hydrogen) atoms.